The Hall–Kier alpha value is -2.15. The second-order valence-electron chi connectivity index (χ2n) is 8.99. The van der Waals surface area contributed by atoms with E-state index in [4.69, 9.17) is 4.74 Å². The topological polar surface area (TPSA) is 53.0 Å². The molecule has 0 spiro atoms. The van der Waals surface area contributed by atoms with Crippen molar-refractivity contribution in [3.05, 3.63) is 63.9 Å². The molecular weight excluding hydrogens is 432 g/mol. The average Bonchev–Trinajstić information content (AvgIpc) is 3.26. The quantitative estimate of drug-likeness (QED) is 0.448. The minimum atomic E-state index is -0.448. The van der Waals surface area contributed by atoms with Crippen LogP contribution < -0.4 is 4.74 Å². The highest BCUT2D eigenvalue weighted by Crippen LogP contribution is 2.34. The monoisotopic (exact) mass is 470 g/mol. The SMILES string of the molecule is C=CCC[C@@H](O)CN(CCC)CC(=O)N1CCc2sccc2[C@H]1COc1ccc(C)cc1C. The molecule has 0 unspecified atom stereocenters. The first kappa shape index (κ1) is 25.5. The number of nitrogens with zero attached hydrogens (tertiary/aromatic N) is 2. The highest BCUT2D eigenvalue weighted by Gasteiger charge is 2.33. The van der Waals surface area contributed by atoms with E-state index >= 15 is 0 Å². The molecular formula is C27H38N2O3S. The third-order valence-electron chi connectivity index (χ3n) is 6.21. The largest absolute Gasteiger partial charge is 0.491 e. The maximum Gasteiger partial charge on any atom is 0.237 e. The molecule has 1 amide bonds. The molecule has 0 saturated heterocycles. The zero-order chi connectivity index (χ0) is 23.8. The summed E-state index contributed by atoms with van der Waals surface area (Å²) in [5.74, 6) is 0.971. The lowest BCUT2D eigenvalue weighted by Gasteiger charge is -2.37. The first-order valence-corrected chi connectivity index (χ1v) is 12.9. The van der Waals surface area contributed by atoms with E-state index in [9.17, 15) is 9.90 Å². The van der Waals surface area contributed by atoms with E-state index in [2.05, 4.69) is 55.8 Å². The molecule has 0 bridgehead atoms. The smallest absolute Gasteiger partial charge is 0.237 e. The molecule has 5 nitrogen and oxygen atoms in total. The number of rotatable bonds is 12. The first-order chi connectivity index (χ1) is 15.9. The Bertz CT molecular complexity index is 926. The molecule has 0 radical (unpaired) electrons. The van der Waals surface area contributed by atoms with Crippen molar-refractivity contribution in [1.82, 2.24) is 9.80 Å². The Morgan fingerprint density at radius 3 is 2.94 bits per heavy atom. The Kier molecular flexibility index (Phi) is 9.53. The number of aliphatic hydroxyl groups is 1. The van der Waals surface area contributed by atoms with Crippen molar-refractivity contribution in [1.29, 1.82) is 0 Å². The minimum absolute atomic E-state index is 0.0950. The van der Waals surface area contributed by atoms with Gasteiger partial charge in [0.25, 0.3) is 0 Å². The summed E-state index contributed by atoms with van der Waals surface area (Å²) in [6.45, 7) is 12.7. The molecule has 1 N–H and O–H groups in total. The number of amides is 1. The summed E-state index contributed by atoms with van der Waals surface area (Å²) in [7, 11) is 0. The van der Waals surface area contributed by atoms with Gasteiger partial charge in [-0.3, -0.25) is 9.69 Å². The van der Waals surface area contributed by atoms with E-state index in [-0.39, 0.29) is 11.9 Å². The van der Waals surface area contributed by atoms with Gasteiger partial charge >= 0.3 is 0 Å². The van der Waals surface area contributed by atoms with Gasteiger partial charge < -0.3 is 14.7 Å². The van der Waals surface area contributed by atoms with Crippen LogP contribution in [0.2, 0.25) is 0 Å². The van der Waals surface area contributed by atoms with Gasteiger partial charge in [-0.25, -0.2) is 0 Å². The van der Waals surface area contributed by atoms with E-state index in [0.717, 1.165) is 37.1 Å². The van der Waals surface area contributed by atoms with E-state index in [1.807, 2.05) is 17.0 Å². The fourth-order valence-electron chi connectivity index (χ4n) is 4.54. The number of carbonyl (C=O) groups is 1. The van der Waals surface area contributed by atoms with Crippen molar-refractivity contribution in [2.24, 2.45) is 0 Å². The van der Waals surface area contributed by atoms with Crippen LogP contribution in [-0.4, -0.2) is 59.7 Å². The number of thiophene rings is 1. The Morgan fingerprint density at radius 1 is 1.39 bits per heavy atom. The summed E-state index contributed by atoms with van der Waals surface area (Å²) >= 11 is 1.76. The molecule has 1 aliphatic rings. The number of aryl methyl sites for hydroxylation is 2. The van der Waals surface area contributed by atoms with E-state index in [0.29, 0.717) is 32.7 Å². The number of hydrogen-bond acceptors (Lipinski definition) is 5. The summed E-state index contributed by atoms with van der Waals surface area (Å²) in [5, 5.41) is 12.5. The molecule has 0 aliphatic carbocycles. The van der Waals surface area contributed by atoms with Gasteiger partial charge in [0.1, 0.15) is 12.4 Å². The van der Waals surface area contributed by atoms with Gasteiger partial charge in [-0.1, -0.05) is 30.7 Å². The summed E-state index contributed by atoms with van der Waals surface area (Å²) in [4.78, 5) is 18.9. The maximum absolute atomic E-state index is 13.5. The third kappa shape index (κ3) is 6.92. The van der Waals surface area contributed by atoms with Gasteiger partial charge in [0.2, 0.25) is 5.91 Å². The van der Waals surface area contributed by atoms with Gasteiger partial charge in [-0.15, -0.1) is 17.9 Å². The summed E-state index contributed by atoms with van der Waals surface area (Å²) in [6, 6.07) is 8.24. The van der Waals surface area contributed by atoms with Crippen molar-refractivity contribution in [3.8, 4) is 5.75 Å². The number of aliphatic hydroxyl groups excluding tert-OH is 1. The van der Waals surface area contributed by atoms with Gasteiger partial charge in [0, 0.05) is 18.0 Å². The molecule has 1 aromatic heterocycles. The second kappa shape index (κ2) is 12.4. The predicted molar refractivity (Wildman–Crippen MR) is 136 cm³/mol. The Labute approximate surface area is 202 Å². The molecule has 1 aliphatic heterocycles. The molecule has 2 atom stereocenters. The van der Waals surface area contributed by atoms with Crippen LogP contribution in [0.1, 0.15) is 53.8 Å². The van der Waals surface area contributed by atoms with Crippen molar-refractivity contribution in [2.45, 2.75) is 58.6 Å². The van der Waals surface area contributed by atoms with Crippen LogP contribution in [0.15, 0.2) is 42.3 Å². The number of benzene rings is 1. The predicted octanol–water partition coefficient (Wildman–Crippen LogP) is 4.91. The van der Waals surface area contributed by atoms with Crippen molar-refractivity contribution >= 4 is 17.2 Å². The highest BCUT2D eigenvalue weighted by molar-refractivity contribution is 7.10. The molecule has 0 saturated carbocycles. The van der Waals surface area contributed by atoms with Crippen LogP contribution in [-0.2, 0) is 11.2 Å². The van der Waals surface area contributed by atoms with Gasteiger partial charge in [-0.05, 0) is 74.7 Å². The van der Waals surface area contributed by atoms with Crippen molar-refractivity contribution < 1.29 is 14.6 Å². The van der Waals surface area contributed by atoms with Crippen LogP contribution in [0.5, 0.6) is 5.75 Å². The third-order valence-corrected chi connectivity index (χ3v) is 7.21. The lowest BCUT2D eigenvalue weighted by atomic mass is 10.00. The van der Waals surface area contributed by atoms with Crippen LogP contribution in [0, 0.1) is 13.8 Å². The highest BCUT2D eigenvalue weighted by atomic mass is 32.1. The average molecular weight is 471 g/mol. The lowest BCUT2D eigenvalue weighted by molar-refractivity contribution is -0.136. The number of ether oxygens (including phenoxy) is 1. The Morgan fingerprint density at radius 2 is 2.21 bits per heavy atom. The minimum Gasteiger partial charge on any atom is -0.491 e. The zero-order valence-electron chi connectivity index (χ0n) is 20.3. The lowest BCUT2D eigenvalue weighted by Crippen LogP contribution is -2.48. The second-order valence-corrected chi connectivity index (χ2v) is 9.99. The number of fused-ring (bicyclic) bond motifs is 1. The van der Waals surface area contributed by atoms with Crippen LogP contribution in [0.3, 0.4) is 0 Å². The van der Waals surface area contributed by atoms with Gasteiger partial charge in [0.15, 0.2) is 0 Å². The number of hydrogen-bond donors (Lipinski definition) is 1. The Balaban J connectivity index is 1.71. The zero-order valence-corrected chi connectivity index (χ0v) is 21.1. The fraction of sp³-hybridized carbons (Fsp3) is 0.519. The molecule has 0 fully saturated rings. The molecule has 2 heterocycles. The van der Waals surface area contributed by atoms with E-state index < -0.39 is 6.10 Å². The first-order valence-electron chi connectivity index (χ1n) is 12.0. The van der Waals surface area contributed by atoms with E-state index in [1.54, 1.807) is 11.3 Å². The summed E-state index contributed by atoms with van der Waals surface area (Å²) in [5.41, 5.74) is 3.52. The molecule has 33 heavy (non-hydrogen) atoms. The fourth-order valence-corrected chi connectivity index (χ4v) is 5.47. The molecule has 6 heteroatoms. The molecule has 180 valence electrons. The normalized spacial score (nSPS) is 16.5. The van der Waals surface area contributed by atoms with Crippen LogP contribution >= 0.6 is 11.3 Å². The van der Waals surface area contributed by atoms with E-state index in [1.165, 1.54) is 16.0 Å². The maximum atomic E-state index is 13.5. The molecule has 2 aromatic rings. The molecule has 3 rings (SSSR count). The van der Waals surface area contributed by atoms with Crippen molar-refractivity contribution in [2.75, 3.05) is 32.8 Å². The van der Waals surface area contributed by atoms with Crippen LogP contribution in [0.25, 0.3) is 0 Å². The molecule has 1 aromatic carbocycles. The summed E-state index contributed by atoms with van der Waals surface area (Å²) < 4.78 is 6.25. The van der Waals surface area contributed by atoms with Gasteiger partial charge in [0.05, 0.1) is 18.7 Å². The number of allylic oxidation sites excluding steroid dienone is 1. The standard InChI is InChI=1S/C27H38N2O3S/c1-5-7-8-22(30)17-28(13-6-2)18-27(31)29-14-11-26-23(12-15-33-26)24(29)19-32-25-10-9-20(3)16-21(25)4/h5,9-10,12,15-16,22,24,30H,1,6-8,11,13-14,17-19H2,2-4H3/t22-,24-/m1/s1. The number of carbonyl (C=O) groups excluding carboxylic acids is 1. The summed E-state index contributed by atoms with van der Waals surface area (Å²) in [6.07, 6.45) is 4.65. The van der Waals surface area contributed by atoms with Crippen LogP contribution in [0.4, 0.5) is 0 Å². The van der Waals surface area contributed by atoms with Gasteiger partial charge in [-0.2, -0.15) is 0 Å². The van der Waals surface area contributed by atoms with Crippen molar-refractivity contribution in [3.63, 3.8) is 0 Å².